The molecule has 7 nitrogen and oxygen atoms in total. The number of nitrogens with one attached hydrogen (secondary N) is 1. The first-order valence-electron chi connectivity index (χ1n) is 8.42. The van der Waals surface area contributed by atoms with Crippen molar-refractivity contribution in [3.8, 4) is 0 Å². The van der Waals surface area contributed by atoms with E-state index in [9.17, 15) is 18.1 Å². The van der Waals surface area contributed by atoms with Crippen LogP contribution in [-0.4, -0.2) is 28.3 Å². The third-order valence-electron chi connectivity index (χ3n) is 4.77. The zero-order valence-electron chi connectivity index (χ0n) is 15.7. The molecule has 0 aliphatic carbocycles. The van der Waals surface area contributed by atoms with E-state index in [1.165, 1.54) is 12.1 Å². The fourth-order valence-corrected chi connectivity index (χ4v) is 2.58. The molecular formula is C17H18BF3N4O3. The molecule has 0 atom stereocenters. The second-order valence-electron chi connectivity index (χ2n) is 7.38. The van der Waals surface area contributed by atoms with Gasteiger partial charge in [-0.3, -0.25) is 0 Å². The first-order chi connectivity index (χ1) is 12.9. The summed E-state index contributed by atoms with van der Waals surface area (Å²) in [5, 5.41) is 5.58. The van der Waals surface area contributed by atoms with Gasteiger partial charge in [0.2, 0.25) is 5.95 Å². The fraction of sp³-hybridized carbons (Fsp3) is 0.412. The Bertz CT molecular complexity index is 889. The van der Waals surface area contributed by atoms with Gasteiger partial charge in [0.05, 0.1) is 11.2 Å². The van der Waals surface area contributed by atoms with Crippen LogP contribution >= 0.6 is 0 Å². The van der Waals surface area contributed by atoms with E-state index in [1.807, 2.05) is 27.7 Å². The summed E-state index contributed by atoms with van der Waals surface area (Å²) in [6.07, 6.45) is -3.60. The molecule has 28 heavy (non-hydrogen) atoms. The summed E-state index contributed by atoms with van der Waals surface area (Å²) in [6, 6.07) is 5.21. The fourth-order valence-electron chi connectivity index (χ4n) is 2.58. The van der Waals surface area contributed by atoms with Crippen LogP contribution in [0.3, 0.4) is 0 Å². The van der Waals surface area contributed by atoms with Crippen molar-refractivity contribution in [3.63, 3.8) is 0 Å². The number of hydrogen-bond donors (Lipinski definition) is 1. The molecule has 1 aromatic heterocycles. The molecule has 148 valence electrons. The second-order valence-corrected chi connectivity index (χ2v) is 7.38. The Morgan fingerprint density at radius 3 is 2.32 bits per heavy atom. The highest BCUT2D eigenvalue weighted by atomic mass is 19.4. The molecule has 0 radical (unpaired) electrons. The minimum Gasteiger partial charge on any atom is -0.399 e. The van der Waals surface area contributed by atoms with Gasteiger partial charge in [0.15, 0.2) is 0 Å². The number of alkyl halides is 3. The van der Waals surface area contributed by atoms with Gasteiger partial charge in [-0.15, -0.1) is 4.91 Å². The summed E-state index contributed by atoms with van der Waals surface area (Å²) in [7, 11) is -0.769. The Morgan fingerprint density at radius 2 is 1.75 bits per heavy atom. The monoisotopic (exact) mass is 394 g/mol. The van der Waals surface area contributed by atoms with Crippen LogP contribution in [0.2, 0.25) is 0 Å². The van der Waals surface area contributed by atoms with Crippen molar-refractivity contribution in [1.29, 1.82) is 0 Å². The summed E-state index contributed by atoms with van der Waals surface area (Å²) in [4.78, 5) is 18.3. The minimum atomic E-state index is -4.60. The number of anilines is 2. The lowest BCUT2D eigenvalue weighted by molar-refractivity contribution is -0.141. The predicted molar refractivity (Wildman–Crippen MR) is 97.9 cm³/mol. The molecule has 1 fully saturated rings. The van der Waals surface area contributed by atoms with E-state index < -0.39 is 30.2 Å². The third kappa shape index (κ3) is 4.00. The van der Waals surface area contributed by atoms with E-state index in [2.05, 4.69) is 20.5 Å². The number of nitroso groups, excluding NO2 is 1. The van der Waals surface area contributed by atoms with Gasteiger partial charge in [0, 0.05) is 11.9 Å². The van der Waals surface area contributed by atoms with Crippen molar-refractivity contribution < 1.29 is 22.5 Å². The van der Waals surface area contributed by atoms with Crippen molar-refractivity contribution in [2.24, 2.45) is 5.18 Å². The molecule has 2 heterocycles. The quantitative estimate of drug-likeness (QED) is 0.625. The van der Waals surface area contributed by atoms with Crippen molar-refractivity contribution in [3.05, 3.63) is 41.1 Å². The van der Waals surface area contributed by atoms with Crippen LogP contribution in [0.1, 0.15) is 33.4 Å². The third-order valence-corrected chi connectivity index (χ3v) is 4.77. The Balaban J connectivity index is 1.92. The number of benzene rings is 1. The van der Waals surface area contributed by atoms with Crippen LogP contribution in [0.5, 0.6) is 0 Å². The first kappa shape index (κ1) is 20.2. The van der Waals surface area contributed by atoms with Crippen molar-refractivity contribution >= 4 is 29.9 Å². The molecule has 0 spiro atoms. The highest BCUT2D eigenvalue weighted by molar-refractivity contribution is 6.62. The largest absolute Gasteiger partial charge is 0.494 e. The van der Waals surface area contributed by atoms with Crippen molar-refractivity contribution in [2.75, 3.05) is 5.32 Å². The Hall–Kier alpha value is -2.53. The first-order valence-corrected chi connectivity index (χ1v) is 8.42. The van der Waals surface area contributed by atoms with Crippen LogP contribution in [-0.2, 0) is 15.5 Å². The highest BCUT2D eigenvalue weighted by Gasteiger charge is 2.51. The maximum Gasteiger partial charge on any atom is 0.494 e. The van der Waals surface area contributed by atoms with Crippen LogP contribution < -0.4 is 10.8 Å². The number of halogens is 3. The molecule has 1 saturated heterocycles. The lowest BCUT2D eigenvalue weighted by Gasteiger charge is -2.32. The van der Waals surface area contributed by atoms with Gasteiger partial charge in [-0.05, 0) is 62.6 Å². The normalized spacial score (nSPS) is 18.2. The lowest BCUT2D eigenvalue weighted by atomic mass is 9.78. The Kier molecular flexibility index (Phi) is 4.92. The van der Waals surface area contributed by atoms with E-state index in [4.69, 9.17) is 9.31 Å². The van der Waals surface area contributed by atoms with Gasteiger partial charge in [0.1, 0.15) is 11.4 Å². The zero-order valence-corrected chi connectivity index (χ0v) is 15.7. The zero-order chi connectivity index (χ0) is 20.7. The standard InChI is InChI=1S/C17H18BF3N4O3/c1-15(2)16(3,4)28-18(27-15)10-7-11(9-12(8-10)25-26)23-14-22-6-5-13(24-14)17(19,20)21/h5-9H,1-4H3,(H,22,23,24). The predicted octanol–water partition coefficient (Wildman–Crippen LogP) is 3.94. The topological polar surface area (TPSA) is 85.7 Å². The van der Waals surface area contributed by atoms with Crippen molar-refractivity contribution in [2.45, 2.75) is 45.1 Å². The van der Waals surface area contributed by atoms with Crippen LogP contribution in [0.25, 0.3) is 0 Å². The number of nitrogens with zero attached hydrogens (tertiary/aromatic N) is 3. The van der Waals surface area contributed by atoms with Gasteiger partial charge in [-0.25, -0.2) is 9.97 Å². The van der Waals surface area contributed by atoms with Gasteiger partial charge in [-0.2, -0.15) is 13.2 Å². The van der Waals surface area contributed by atoms with Crippen LogP contribution in [0.4, 0.5) is 30.5 Å². The molecule has 1 aliphatic rings. The average molecular weight is 394 g/mol. The molecule has 0 bridgehead atoms. The smallest absolute Gasteiger partial charge is 0.399 e. The molecule has 11 heteroatoms. The summed E-state index contributed by atoms with van der Waals surface area (Å²) in [5.41, 5.74) is -1.45. The summed E-state index contributed by atoms with van der Waals surface area (Å²) >= 11 is 0. The van der Waals surface area contributed by atoms with Gasteiger partial charge < -0.3 is 14.6 Å². The van der Waals surface area contributed by atoms with E-state index >= 15 is 0 Å². The molecule has 1 N–H and O–H groups in total. The average Bonchev–Trinajstić information content (AvgIpc) is 2.82. The number of aromatic nitrogens is 2. The van der Waals surface area contributed by atoms with Crippen LogP contribution in [0.15, 0.2) is 35.6 Å². The van der Waals surface area contributed by atoms with Crippen molar-refractivity contribution in [1.82, 2.24) is 9.97 Å². The molecule has 0 saturated carbocycles. The molecule has 0 unspecified atom stereocenters. The molecule has 0 amide bonds. The molecule has 2 aromatic rings. The van der Waals surface area contributed by atoms with E-state index in [0.29, 0.717) is 5.46 Å². The van der Waals surface area contributed by atoms with E-state index in [1.54, 1.807) is 6.07 Å². The maximum absolute atomic E-state index is 12.8. The highest BCUT2D eigenvalue weighted by Crippen LogP contribution is 2.37. The summed E-state index contributed by atoms with van der Waals surface area (Å²) < 4.78 is 50.4. The van der Waals surface area contributed by atoms with Gasteiger partial charge >= 0.3 is 13.3 Å². The molecule has 3 rings (SSSR count). The van der Waals surface area contributed by atoms with E-state index in [-0.39, 0.29) is 17.3 Å². The minimum absolute atomic E-state index is 0.0571. The van der Waals surface area contributed by atoms with Gasteiger partial charge in [0.25, 0.3) is 0 Å². The molecule has 1 aliphatic heterocycles. The number of hydrogen-bond acceptors (Lipinski definition) is 7. The molecular weight excluding hydrogens is 376 g/mol. The Morgan fingerprint density at radius 1 is 1.11 bits per heavy atom. The van der Waals surface area contributed by atoms with Crippen LogP contribution in [0, 0.1) is 4.91 Å². The number of rotatable bonds is 4. The summed E-state index contributed by atoms with van der Waals surface area (Å²) in [5.74, 6) is -0.266. The van der Waals surface area contributed by atoms with E-state index in [0.717, 1.165) is 12.3 Å². The SMILES string of the molecule is CC1(C)OB(c2cc(N=O)cc(Nc3nccc(C(F)(F)F)n3)c2)OC1(C)C. The van der Waals surface area contributed by atoms with Gasteiger partial charge in [-0.1, -0.05) is 0 Å². The lowest BCUT2D eigenvalue weighted by Crippen LogP contribution is -2.41. The maximum atomic E-state index is 12.8. The Labute approximate surface area is 159 Å². The molecule has 1 aromatic carbocycles. The summed E-state index contributed by atoms with van der Waals surface area (Å²) in [6.45, 7) is 7.52. The second kappa shape index (κ2) is 6.82.